The number of pyridine rings is 1. The molecule has 1 saturated heterocycles. The number of imidazole rings is 1. The zero-order valence-electron chi connectivity index (χ0n) is 22.0. The third-order valence-electron chi connectivity index (χ3n) is 7.04. The van der Waals surface area contributed by atoms with Crippen LogP contribution < -0.4 is 5.32 Å². The van der Waals surface area contributed by atoms with Gasteiger partial charge < -0.3 is 10.2 Å². The van der Waals surface area contributed by atoms with E-state index in [9.17, 15) is 9.59 Å². The molecule has 7 nitrogen and oxygen atoms in total. The van der Waals surface area contributed by atoms with Gasteiger partial charge in [-0.05, 0) is 43.9 Å². The largest absolute Gasteiger partial charge is 0.350 e. The van der Waals surface area contributed by atoms with Crippen LogP contribution in [0.4, 0.5) is 0 Å². The summed E-state index contributed by atoms with van der Waals surface area (Å²) in [6.07, 6.45) is 3.07. The number of nitrogens with one attached hydrogen (secondary N) is 1. The minimum absolute atomic E-state index is 0.0900. The molecule has 0 radical (unpaired) electrons. The molecule has 0 saturated carbocycles. The highest BCUT2D eigenvalue weighted by molar-refractivity contribution is 5.93. The lowest BCUT2D eigenvalue weighted by molar-refractivity contribution is -0.132. The van der Waals surface area contributed by atoms with Crippen molar-refractivity contribution >= 4 is 17.5 Å². The number of piperazine rings is 1. The number of rotatable bonds is 9. The van der Waals surface area contributed by atoms with Gasteiger partial charge in [-0.1, -0.05) is 50.2 Å². The van der Waals surface area contributed by atoms with E-state index in [4.69, 9.17) is 0 Å². The van der Waals surface area contributed by atoms with Crippen molar-refractivity contribution in [2.75, 3.05) is 32.7 Å². The highest BCUT2D eigenvalue weighted by Crippen LogP contribution is 2.23. The standard InChI is InChI=1S/C29H39N5O2/c1-21(2)17-24(23-9-6-5-7-10-23)19-30-29(36)26-11-8-12-27-31-25(20-34(26)27)18-28(35)33-15-13-32(14-16-33)22(3)4/h5-12,20-22,24H,13-19H2,1-4H3,(H,30,36). The van der Waals surface area contributed by atoms with E-state index in [-0.39, 0.29) is 24.2 Å². The first-order chi connectivity index (χ1) is 17.3. The molecule has 36 heavy (non-hydrogen) atoms. The number of nitrogens with zero attached hydrogens (tertiary/aromatic N) is 4. The van der Waals surface area contributed by atoms with E-state index in [1.807, 2.05) is 41.4 Å². The molecule has 2 aromatic heterocycles. The molecule has 0 bridgehead atoms. The third kappa shape index (κ3) is 6.32. The molecule has 0 spiro atoms. The van der Waals surface area contributed by atoms with Gasteiger partial charge in [0.15, 0.2) is 0 Å². The molecule has 1 atom stereocenters. The lowest BCUT2D eigenvalue weighted by atomic mass is 9.90. The molecule has 1 unspecified atom stereocenters. The maximum Gasteiger partial charge on any atom is 0.268 e. The van der Waals surface area contributed by atoms with Gasteiger partial charge in [0.25, 0.3) is 5.91 Å². The van der Waals surface area contributed by atoms with Crippen LogP contribution in [0.15, 0.2) is 54.7 Å². The Kier molecular flexibility index (Phi) is 8.41. The fourth-order valence-corrected chi connectivity index (χ4v) is 5.02. The second-order valence-electron chi connectivity index (χ2n) is 10.5. The Hall–Kier alpha value is -3.19. The van der Waals surface area contributed by atoms with E-state index < -0.39 is 0 Å². The molecule has 1 N–H and O–H groups in total. The summed E-state index contributed by atoms with van der Waals surface area (Å²) in [6.45, 7) is 12.7. The van der Waals surface area contributed by atoms with E-state index in [0.717, 1.165) is 32.6 Å². The zero-order chi connectivity index (χ0) is 25.7. The first-order valence-corrected chi connectivity index (χ1v) is 13.1. The Morgan fingerprint density at radius 1 is 0.944 bits per heavy atom. The molecule has 1 aromatic carbocycles. The first-order valence-electron chi connectivity index (χ1n) is 13.1. The summed E-state index contributed by atoms with van der Waals surface area (Å²) in [7, 11) is 0. The number of benzene rings is 1. The topological polar surface area (TPSA) is 70.0 Å². The molecule has 7 heteroatoms. The lowest BCUT2D eigenvalue weighted by Gasteiger charge is -2.36. The predicted molar refractivity (Wildman–Crippen MR) is 143 cm³/mol. The number of carbonyl (C=O) groups excluding carboxylic acids is 2. The van der Waals surface area contributed by atoms with Crippen LogP contribution in [-0.2, 0) is 11.2 Å². The van der Waals surface area contributed by atoms with Crippen molar-refractivity contribution in [2.24, 2.45) is 5.92 Å². The summed E-state index contributed by atoms with van der Waals surface area (Å²) in [5.41, 5.74) is 3.13. The van der Waals surface area contributed by atoms with Crippen LogP contribution in [0.25, 0.3) is 5.65 Å². The van der Waals surface area contributed by atoms with E-state index >= 15 is 0 Å². The van der Waals surface area contributed by atoms with Gasteiger partial charge in [0, 0.05) is 50.9 Å². The van der Waals surface area contributed by atoms with Crippen LogP contribution in [0.3, 0.4) is 0 Å². The number of amides is 2. The fourth-order valence-electron chi connectivity index (χ4n) is 5.02. The predicted octanol–water partition coefficient (Wildman–Crippen LogP) is 3.99. The smallest absolute Gasteiger partial charge is 0.268 e. The van der Waals surface area contributed by atoms with E-state index in [1.54, 1.807) is 10.5 Å². The molecule has 3 aromatic rings. The van der Waals surface area contributed by atoms with Gasteiger partial charge in [0.1, 0.15) is 11.3 Å². The molecule has 0 aliphatic carbocycles. The SMILES string of the molecule is CC(C)CC(CNC(=O)c1cccc2nc(CC(=O)N3CCN(C(C)C)CC3)cn12)c1ccccc1. The minimum atomic E-state index is -0.134. The average Bonchev–Trinajstić information content (AvgIpc) is 3.29. The number of hydrogen-bond donors (Lipinski definition) is 1. The molecule has 4 rings (SSSR count). The van der Waals surface area contributed by atoms with Crippen LogP contribution in [-0.4, -0.2) is 69.8 Å². The normalized spacial score (nSPS) is 15.6. The summed E-state index contributed by atoms with van der Waals surface area (Å²) >= 11 is 0. The lowest BCUT2D eigenvalue weighted by Crippen LogP contribution is -2.51. The Morgan fingerprint density at radius 3 is 2.33 bits per heavy atom. The quantitative estimate of drug-likeness (QED) is 0.494. The Bertz CT molecular complexity index is 1160. The van der Waals surface area contributed by atoms with E-state index in [0.29, 0.717) is 35.5 Å². The molecule has 1 aliphatic heterocycles. The average molecular weight is 490 g/mol. The van der Waals surface area contributed by atoms with Crippen molar-refractivity contribution in [3.8, 4) is 0 Å². The summed E-state index contributed by atoms with van der Waals surface area (Å²) in [6, 6.07) is 16.4. The van der Waals surface area contributed by atoms with Crippen LogP contribution in [0.5, 0.6) is 0 Å². The molecular weight excluding hydrogens is 450 g/mol. The number of fused-ring (bicyclic) bond motifs is 1. The molecule has 1 fully saturated rings. The van der Waals surface area contributed by atoms with Crippen molar-refractivity contribution in [3.63, 3.8) is 0 Å². The van der Waals surface area contributed by atoms with Crippen LogP contribution >= 0.6 is 0 Å². The van der Waals surface area contributed by atoms with Gasteiger partial charge in [-0.25, -0.2) is 4.98 Å². The highest BCUT2D eigenvalue weighted by Gasteiger charge is 2.23. The van der Waals surface area contributed by atoms with Crippen LogP contribution in [0.2, 0.25) is 0 Å². The highest BCUT2D eigenvalue weighted by atomic mass is 16.2. The maximum absolute atomic E-state index is 13.2. The Morgan fingerprint density at radius 2 is 1.67 bits per heavy atom. The summed E-state index contributed by atoms with van der Waals surface area (Å²) in [5, 5.41) is 3.14. The van der Waals surface area contributed by atoms with Gasteiger partial charge in [-0.15, -0.1) is 0 Å². The van der Waals surface area contributed by atoms with Crippen molar-refractivity contribution in [2.45, 2.75) is 52.5 Å². The van der Waals surface area contributed by atoms with Crippen molar-refractivity contribution in [1.82, 2.24) is 24.5 Å². The first kappa shape index (κ1) is 25.9. The van der Waals surface area contributed by atoms with Crippen molar-refractivity contribution in [3.05, 3.63) is 71.7 Å². The number of aromatic nitrogens is 2. The zero-order valence-corrected chi connectivity index (χ0v) is 22.0. The van der Waals surface area contributed by atoms with Gasteiger partial charge in [0.2, 0.25) is 5.91 Å². The van der Waals surface area contributed by atoms with Crippen molar-refractivity contribution < 1.29 is 9.59 Å². The number of hydrogen-bond acceptors (Lipinski definition) is 4. The fraction of sp³-hybridized carbons (Fsp3) is 0.483. The summed E-state index contributed by atoms with van der Waals surface area (Å²) in [5.74, 6) is 0.733. The van der Waals surface area contributed by atoms with Gasteiger partial charge in [-0.2, -0.15) is 0 Å². The molecule has 3 heterocycles. The molecule has 1 aliphatic rings. The summed E-state index contributed by atoms with van der Waals surface area (Å²) in [4.78, 5) is 35.1. The molecule has 2 amide bonds. The second kappa shape index (κ2) is 11.7. The Balaban J connectivity index is 1.42. The third-order valence-corrected chi connectivity index (χ3v) is 7.04. The van der Waals surface area contributed by atoms with Gasteiger partial charge >= 0.3 is 0 Å². The monoisotopic (exact) mass is 489 g/mol. The van der Waals surface area contributed by atoms with Gasteiger partial charge in [-0.3, -0.25) is 18.9 Å². The minimum Gasteiger partial charge on any atom is -0.350 e. The number of carbonyl (C=O) groups is 2. The second-order valence-corrected chi connectivity index (χ2v) is 10.5. The molecule has 192 valence electrons. The van der Waals surface area contributed by atoms with E-state index in [2.05, 4.69) is 55.0 Å². The van der Waals surface area contributed by atoms with Gasteiger partial charge in [0.05, 0.1) is 12.1 Å². The molecular formula is C29H39N5O2. The maximum atomic E-state index is 13.2. The Labute approximate surface area is 214 Å². The summed E-state index contributed by atoms with van der Waals surface area (Å²) < 4.78 is 1.80. The van der Waals surface area contributed by atoms with Crippen LogP contribution in [0.1, 0.15) is 61.8 Å². The van der Waals surface area contributed by atoms with Crippen molar-refractivity contribution in [1.29, 1.82) is 0 Å². The van der Waals surface area contributed by atoms with E-state index in [1.165, 1.54) is 5.56 Å². The van der Waals surface area contributed by atoms with Crippen LogP contribution in [0, 0.1) is 5.92 Å².